The molecular weight excluding hydrogens is 436 g/mol. The Kier molecular flexibility index (Phi) is 5.89. The van der Waals surface area contributed by atoms with Crippen LogP contribution in [0.5, 0.6) is 0 Å². The lowest BCUT2D eigenvalue weighted by atomic mass is 10.1. The topological polar surface area (TPSA) is 113 Å². The van der Waals surface area contributed by atoms with Gasteiger partial charge in [-0.1, -0.05) is 12.2 Å². The van der Waals surface area contributed by atoms with Crippen molar-refractivity contribution in [2.45, 2.75) is 23.0 Å². The molecule has 0 bridgehead atoms. The Bertz CT molecular complexity index is 1370. The highest BCUT2D eigenvalue weighted by molar-refractivity contribution is 7.92. The van der Waals surface area contributed by atoms with Crippen molar-refractivity contribution in [3.8, 4) is 0 Å². The second-order valence-electron chi connectivity index (χ2n) is 7.96. The van der Waals surface area contributed by atoms with Crippen molar-refractivity contribution in [3.05, 3.63) is 72.3 Å². The summed E-state index contributed by atoms with van der Waals surface area (Å²) in [5, 5.41) is 7.06. The molecule has 168 valence electrons. The molecule has 3 aromatic heterocycles. The average molecular weight is 461 g/mol. The van der Waals surface area contributed by atoms with Crippen LogP contribution in [0.2, 0.25) is 0 Å². The second kappa shape index (κ2) is 9.13. The number of anilines is 2. The smallest absolute Gasteiger partial charge is 0.227 e. The fraction of sp³-hybridized carbons (Fsp3) is 0.208. The number of benzene rings is 1. The molecule has 33 heavy (non-hydrogen) atoms. The Morgan fingerprint density at radius 2 is 1.70 bits per heavy atom. The maximum atomic E-state index is 12.8. The highest BCUT2D eigenvalue weighted by atomic mass is 32.2. The van der Waals surface area contributed by atoms with Gasteiger partial charge in [0.2, 0.25) is 5.95 Å². The fourth-order valence-corrected chi connectivity index (χ4v) is 5.71. The third kappa shape index (κ3) is 4.64. The van der Waals surface area contributed by atoms with Crippen LogP contribution < -0.4 is 10.6 Å². The third-order valence-electron chi connectivity index (χ3n) is 5.79. The first-order valence-corrected chi connectivity index (χ1v) is 12.4. The molecule has 8 nitrogen and oxygen atoms in total. The molecule has 0 saturated carbocycles. The van der Waals surface area contributed by atoms with Crippen LogP contribution in [-0.2, 0) is 9.84 Å². The first-order chi connectivity index (χ1) is 16.1. The average Bonchev–Trinajstić information content (AvgIpc) is 3.34. The van der Waals surface area contributed by atoms with E-state index < -0.39 is 9.84 Å². The molecule has 1 aliphatic rings. The number of aromatic nitrogens is 4. The van der Waals surface area contributed by atoms with Gasteiger partial charge in [0.1, 0.15) is 5.65 Å². The van der Waals surface area contributed by atoms with Gasteiger partial charge < -0.3 is 15.6 Å². The largest absolute Gasteiger partial charge is 0.346 e. The molecule has 9 heteroatoms. The molecule has 4 aromatic rings. The number of H-pyrrole nitrogens is 1. The molecule has 1 fully saturated rings. The van der Waals surface area contributed by atoms with Gasteiger partial charge in [-0.15, -0.1) is 0 Å². The van der Waals surface area contributed by atoms with E-state index in [1.54, 1.807) is 42.9 Å². The molecule has 1 aliphatic heterocycles. The van der Waals surface area contributed by atoms with Gasteiger partial charge in [-0.2, -0.15) is 0 Å². The Balaban J connectivity index is 1.25. The monoisotopic (exact) mass is 460 g/mol. The molecule has 1 aromatic carbocycles. The molecule has 5 rings (SSSR count). The van der Waals surface area contributed by atoms with Crippen molar-refractivity contribution in [1.82, 2.24) is 25.3 Å². The number of hydrogen-bond acceptors (Lipinski definition) is 7. The molecule has 1 saturated heterocycles. The minimum Gasteiger partial charge on any atom is -0.346 e. The van der Waals surface area contributed by atoms with Crippen molar-refractivity contribution < 1.29 is 8.42 Å². The van der Waals surface area contributed by atoms with Gasteiger partial charge in [0.15, 0.2) is 9.84 Å². The lowest BCUT2D eigenvalue weighted by Crippen LogP contribution is -2.35. The van der Waals surface area contributed by atoms with E-state index >= 15 is 0 Å². The molecule has 3 N–H and O–H groups in total. The predicted octanol–water partition coefficient (Wildman–Crippen LogP) is 3.79. The number of pyridine rings is 1. The van der Waals surface area contributed by atoms with Crippen molar-refractivity contribution >= 4 is 44.7 Å². The van der Waals surface area contributed by atoms with Crippen LogP contribution in [-0.4, -0.2) is 46.7 Å². The zero-order chi connectivity index (χ0) is 22.7. The molecule has 0 aliphatic carbocycles. The van der Waals surface area contributed by atoms with Crippen LogP contribution in [0.1, 0.15) is 24.0 Å². The van der Waals surface area contributed by atoms with Crippen LogP contribution in [0.25, 0.3) is 23.2 Å². The Hall–Kier alpha value is -3.56. The molecule has 0 amide bonds. The first kappa shape index (κ1) is 21.3. The van der Waals surface area contributed by atoms with Crippen LogP contribution in [0, 0.1) is 0 Å². The zero-order valence-electron chi connectivity index (χ0n) is 17.9. The number of aromatic amines is 1. The minimum absolute atomic E-state index is 0.318. The van der Waals surface area contributed by atoms with Crippen LogP contribution in [0.4, 0.5) is 11.6 Å². The second-order valence-corrected chi connectivity index (χ2v) is 10.2. The van der Waals surface area contributed by atoms with Gasteiger partial charge >= 0.3 is 0 Å². The van der Waals surface area contributed by atoms with E-state index in [9.17, 15) is 8.42 Å². The first-order valence-electron chi connectivity index (χ1n) is 10.8. The maximum absolute atomic E-state index is 12.8. The summed E-state index contributed by atoms with van der Waals surface area (Å²) in [7, 11) is -3.31. The summed E-state index contributed by atoms with van der Waals surface area (Å²) in [6.45, 7) is 1.48. The molecular formula is C24H24N6O2S. The van der Waals surface area contributed by atoms with E-state index in [2.05, 4.69) is 30.6 Å². The summed E-state index contributed by atoms with van der Waals surface area (Å²) < 4.78 is 25.7. The lowest BCUT2D eigenvalue weighted by molar-refractivity contribution is 0.496. The van der Waals surface area contributed by atoms with Crippen molar-refractivity contribution in [1.29, 1.82) is 0 Å². The predicted molar refractivity (Wildman–Crippen MR) is 130 cm³/mol. The van der Waals surface area contributed by atoms with E-state index in [4.69, 9.17) is 0 Å². The molecule has 4 heterocycles. The Morgan fingerprint density at radius 3 is 2.45 bits per heavy atom. The molecule has 0 atom stereocenters. The summed E-state index contributed by atoms with van der Waals surface area (Å²) >= 11 is 0. The third-order valence-corrected chi connectivity index (χ3v) is 8.06. The number of piperidine rings is 1. The maximum Gasteiger partial charge on any atom is 0.227 e. The van der Waals surface area contributed by atoms with Crippen LogP contribution >= 0.6 is 0 Å². The Morgan fingerprint density at radius 1 is 0.939 bits per heavy atom. The van der Waals surface area contributed by atoms with E-state index in [-0.39, 0.29) is 5.25 Å². The number of fused-ring (bicyclic) bond motifs is 1. The van der Waals surface area contributed by atoms with Crippen LogP contribution in [0.15, 0.2) is 66.1 Å². The lowest BCUT2D eigenvalue weighted by Gasteiger charge is -2.22. The summed E-state index contributed by atoms with van der Waals surface area (Å²) in [6, 6.07) is 10.7. The number of sulfone groups is 1. The van der Waals surface area contributed by atoms with Crippen molar-refractivity contribution in [3.63, 3.8) is 0 Å². The number of nitrogens with one attached hydrogen (secondary N) is 3. The summed E-state index contributed by atoms with van der Waals surface area (Å²) in [6.07, 6.45) is 12.4. The van der Waals surface area contributed by atoms with E-state index in [0.717, 1.165) is 40.9 Å². The van der Waals surface area contributed by atoms with E-state index in [1.165, 1.54) is 0 Å². The zero-order valence-corrected chi connectivity index (χ0v) is 18.7. The van der Waals surface area contributed by atoms with Crippen molar-refractivity contribution in [2.75, 3.05) is 18.4 Å². The van der Waals surface area contributed by atoms with Gasteiger partial charge in [-0.3, -0.25) is 0 Å². The quantitative estimate of drug-likeness (QED) is 0.401. The van der Waals surface area contributed by atoms with E-state index in [0.29, 0.717) is 23.7 Å². The fourth-order valence-electron chi connectivity index (χ4n) is 3.96. The minimum atomic E-state index is -3.31. The van der Waals surface area contributed by atoms with Crippen molar-refractivity contribution in [2.24, 2.45) is 0 Å². The summed E-state index contributed by atoms with van der Waals surface area (Å²) in [5.74, 6) is 0.443. The number of rotatable bonds is 6. The van der Waals surface area contributed by atoms with Crippen LogP contribution in [0.3, 0.4) is 0 Å². The molecule has 0 unspecified atom stereocenters. The normalized spacial score (nSPS) is 15.3. The number of nitrogens with zero attached hydrogens (tertiary/aromatic N) is 3. The standard InChI is InChI=1S/C24H24N6O2S/c31-33(32,21-8-11-25-12-9-21)20-5-3-19(4-6-20)30-24-28-15-17(16-29-24)1-2-18-7-13-26-23-22(18)10-14-27-23/h1-7,10,13-16,21,25H,8-9,11-12H2,(H,26,27)(H,28,29,30)/b2-1+. The molecule has 0 radical (unpaired) electrons. The van der Waals surface area contributed by atoms with Gasteiger partial charge in [-0.05, 0) is 67.9 Å². The summed E-state index contributed by atoms with van der Waals surface area (Å²) in [5.41, 5.74) is 3.50. The molecule has 0 spiro atoms. The van der Waals surface area contributed by atoms with Gasteiger partial charge in [-0.25, -0.2) is 23.4 Å². The highest BCUT2D eigenvalue weighted by Crippen LogP contribution is 2.24. The van der Waals surface area contributed by atoms with E-state index in [1.807, 2.05) is 30.5 Å². The number of hydrogen-bond donors (Lipinski definition) is 3. The van der Waals surface area contributed by atoms with Gasteiger partial charge in [0.25, 0.3) is 0 Å². The summed E-state index contributed by atoms with van der Waals surface area (Å²) in [4.78, 5) is 16.5. The SMILES string of the molecule is O=S(=O)(c1ccc(Nc2ncc(/C=C/c3ccnc4[nH]ccc34)cn2)cc1)C1CCNCC1. The Labute approximate surface area is 192 Å². The van der Waals surface area contributed by atoms with Gasteiger partial charge in [0.05, 0.1) is 10.1 Å². The highest BCUT2D eigenvalue weighted by Gasteiger charge is 2.28. The van der Waals surface area contributed by atoms with Gasteiger partial charge in [0, 0.05) is 41.4 Å².